The number of benzene rings is 1. The number of carbonyl (C=O) groups is 1. The third-order valence-corrected chi connectivity index (χ3v) is 5.47. The van der Waals surface area contributed by atoms with Gasteiger partial charge in [-0.25, -0.2) is 15.0 Å². The Kier molecular flexibility index (Phi) is 5.93. The average molecular weight is 419 g/mol. The smallest absolute Gasteiger partial charge is 0.257 e. The predicted octanol–water partition coefficient (Wildman–Crippen LogP) is 2.08. The molecule has 1 N–H and O–H groups in total. The lowest BCUT2D eigenvalue weighted by molar-refractivity contribution is -0.132. The van der Waals surface area contributed by atoms with Gasteiger partial charge in [0, 0.05) is 25.8 Å². The van der Waals surface area contributed by atoms with E-state index in [1.165, 1.54) is 0 Å². The van der Waals surface area contributed by atoms with Crippen molar-refractivity contribution in [3.05, 3.63) is 47.5 Å². The first kappa shape index (κ1) is 20.9. The van der Waals surface area contributed by atoms with Gasteiger partial charge in [0.2, 0.25) is 5.95 Å². The van der Waals surface area contributed by atoms with Crippen molar-refractivity contribution in [2.75, 3.05) is 32.1 Å². The number of nitriles is 1. The van der Waals surface area contributed by atoms with Gasteiger partial charge < -0.3 is 14.2 Å². The van der Waals surface area contributed by atoms with Crippen molar-refractivity contribution < 1.29 is 9.53 Å². The summed E-state index contributed by atoms with van der Waals surface area (Å²) in [6.07, 6.45) is 1.04. The van der Waals surface area contributed by atoms with Gasteiger partial charge in [-0.15, -0.1) is 0 Å². The zero-order chi connectivity index (χ0) is 22.0. The third-order valence-electron chi connectivity index (χ3n) is 5.47. The second kappa shape index (κ2) is 8.79. The van der Waals surface area contributed by atoms with E-state index >= 15 is 0 Å². The monoisotopic (exact) mass is 419 g/mol. The minimum absolute atomic E-state index is 0.154. The molecule has 0 saturated carbocycles. The quantitative estimate of drug-likeness (QED) is 0.674. The molecule has 2 unspecified atom stereocenters. The fraction of sp³-hybridized carbons (Fsp3) is 0.409. The maximum absolute atomic E-state index is 12.6. The van der Waals surface area contributed by atoms with E-state index < -0.39 is 12.0 Å². The molecule has 1 aliphatic heterocycles. The highest BCUT2D eigenvalue weighted by atomic mass is 16.5. The van der Waals surface area contributed by atoms with Crippen LogP contribution in [0.4, 0.5) is 5.95 Å². The van der Waals surface area contributed by atoms with Crippen LogP contribution in [0.2, 0.25) is 0 Å². The molecule has 2 aromatic heterocycles. The number of fused-ring (bicyclic) bond motifs is 1. The number of hydrogen-bond acceptors (Lipinski definition) is 7. The number of aryl methyl sites for hydroxylation is 2. The summed E-state index contributed by atoms with van der Waals surface area (Å²) in [7, 11) is 1.95. The van der Waals surface area contributed by atoms with Crippen molar-refractivity contribution in [1.82, 2.24) is 24.4 Å². The normalized spacial score (nSPS) is 17.9. The summed E-state index contributed by atoms with van der Waals surface area (Å²) < 4.78 is 7.59. The van der Waals surface area contributed by atoms with Gasteiger partial charge in [0.1, 0.15) is 17.8 Å². The van der Waals surface area contributed by atoms with E-state index in [2.05, 4.69) is 21.4 Å². The number of para-hydroxylation sites is 2. The number of morpholine rings is 1. The SMILES string of the molecule is CCn1c(C(C#N)c2nc(NC(=O)C3CN(C)CCO3)ncc2C)nc2ccccc21. The van der Waals surface area contributed by atoms with Gasteiger partial charge in [-0.05, 0) is 38.6 Å². The number of rotatable bonds is 5. The first-order valence-corrected chi connectivity index (χ1v) is 10.3. The van der Waals surface area contributed by atoms with E-state index in [1.54, 1.807) is 6.20 Å². The molecule has 3 heterocycles. The molecule has 0 radical (unpaired) electrons. The average Bonchev–Trinajstić information content (AvgIpc) is 3.14. The van der Waals surface area contributed by atoms with Gasteiger partial charge in [-0.1, -0.05) is 12.1 Å². The number of hydrogen-bond donors (Lipinski definition) is 1. The summed E-state index contributed by atoms with van der Waals surface area (Å²) in [6.45, 7) is 6.34. The van der Waals surface area contributed by atoms with Gasteiger partial charge in [0.25, 0.3) is 5.91 Å². The number of aromatic nitrogens is 4. The molecule has 160 valence electrons. The topological polar surface area (TPSA) is 109 Å². The highest BCUT2D eigenvalue weighted by Crippen LogP contribution is 2.28. The lowest BCUT2D eigenvalue weighted by Crippen LogP contribution is -2.46. The minimum atomic E-state index is -0.692. The molecule has 1 fully saturated rings. The zero-order valence-electron chi connectivity index (χ0n) is 17.9. The lowest BCUT2D eigenvalue weighted by atomic mass is 10.0. The Hall–Kier alpha value is -3.35. The van der Waals surface area contributed by atoms with Crippen molar-refractivity contribution in [3.8, 4) is 6.07 Å². The molecule has 2 atom stereocenters. The maximum atomic E-state index is 12.6. The molecule has 0 aliphatic carbocycles. The molecule has 1 amide bonds. The molecule has 1 aromatic carbocycles. The van der Waals surface area contributed by atoms with Gasteiger partial charge in [-0.2, -0.15) is 5.26 Å². The third kappa shape index (κ3) is 4.13. The largest absolute Gasteiger partial charge is 0.366 e. The van der Waals surface area contributed by atoms with Crippen LogP contribution in [-0.4, -0.2) is 63.2 Å². The van der Waals surface area contributed by atoms with Crippen LogP contribution in [0.15, 0.2) is 30.5 Å². The van der Waals surface area contributed by atoms with E-state index in [-0.39, 0.29) is 11.9 Å². The Balaban J connectivity index is 1.66. The number of imidazole rings is 1. The van der Waals surface area contributed by atoms with Crippen LogP contribution >= 0.6 is 0 Å². The second-order valence-corrected chi connectivity index (χ2v) is 7.64. The fourth-order valence-electron chi connectivity index (χ4n) is 3.82. The summed E-state index contributed by atoms with van der Waals surface area (Å²) in [5.41, 5.74) is 3.09. The summed E-state index contributed by atoms with van der Waals surface area (Å²) in [4.78, 5) is 28.1. The first-order chi connectivity index (χ1) is 15.0. The molecule has 0 bridgehead atoms. The van der Waals surface area contributed by atoms with Crippen molar-refractivity contribution in [2.45, 2.75) is 32.4 Å². The van der Waals surface area contributed by atoms with Crippen LogP contribution in [0.1, 0.15) is 29.9 Å². The van der Waals surface area contributed by atoms with Crippen molar-refractivity contribution >= 4 is 22.9 Å². The number of carbonyl (C=O) groups excluding carboxylic acids is 1. The summed E-state index contributed by atoms with van der Waals surface area (Å²) in [6, 6.07) is 10.1. The van der Waals surface area contributed by atoms with Gasteiger partial charge in [0.15, 0.2) is 0 Å². The van der Waals surface area contributed by atoms with E-state index in [0.717, 1.165) is 23.1 Å². The Labute approximate surface area is 180 Å². The Morgan fingerprint density at radius 2 is 2.19 bits per heavy atom. The fourth-order valence-corrected chi connectivity index (χ4v) is 3.82. The van der Waals surface area contributed by atoms with Crippen molar-refractivity contribution in [1.29, 1.82) is 5.26 Å². The highest BCUT2D eigenvalue weighted by molar-refractivity contribution is 5.93. The molecular formula is C22H25N7O2. The first-order valence-electron chi connectivity index (χ1n) is 10.3. The molecular weight excluding hydrogens is 394 g/mol. The van der Waals surface area contributed by atoms with Crippen LogP contribution in [0.5, 0.6) is 0 Å². The van der Waals surface area contributed by atoms with Crippen LogP contribution in [0, 0.1) is 18.3 Å². The lowest BCUT2D eigenvalue weighted by Gasteiger charge is -2.28. The van der Waals surface area contributed by atoms with Gasteiger partial charge >= 0.3 is 0 Å². The molecule has 9 nitrogen and oxygen atoms in total. The maximum Gasteiger partial charge on any atom is 0.257 e. The molecule has 3 aromatic rings. The molecule has 9 heteroatoms. The Morgan fingerprint density at radius 3 is 2.94 bits per heavy atom. The molecule has 31 heavy (non-hydrogen) atoms. The van der Waals surface area contributed by atoms with Crippen molar-refractivity contribution in [3.63, 3.8) is 0 Å². The Morgan fingerprint density at radius 1 is 1.39 bits per heavy atom. The van der Waals surface area contributed by atoms with E-state index in [4.69, 9.17) is 9.72 Å². The van der Waals surface area contributed by atoms with Gasteiger partial charge in [-0.3, -0.25) is 10.1 Å². The number of likely N-dealkylation sites (N-methyl/N-ethyl adjacent to an activating group) is 1. The second-order valence-electron chi connectivity index (χ2n) is 7.64. The predicted molar refractivity (Wildman–Crippen MR) is 115 cm³/mol. The summed E-state index contributed by atoms with van der Waals surface area (Å²) in [5, 5.41) is 12.8. The van der Waals surface area contributed by atoms with E-state index in [1.807, 2.05) is 54.6 Å². The minimum Gasteiger partial charge on any atom is -0.366 e. The summed E-state index contributed by atoms with van der Waals surface area (Å²) >= 11 is 0. The number of nitrogens with one attached hydrogen (secondary N) is 1. The van der Waals surface area contributed by atoms with Gasteiger partial charge in [0.05, 0.1) is 29.4 Å². The standard InChI is InChI=1S/C22H25N7O2/c1-4-29-17-8-6-5-7-16(17)25-20(29)15(11-23)19-14(2)12-24-22(26-19)27-21(30)18-13-28(3)9-10-31-18/h5-8,12,15,18H,4,9-10,13H2,1-3H3,(H,24,26,27,30). The number of nitrogens with zero attached hydrogens (tertiary/aromatic N) is 6. The van der Waals surface area contributed by atoms with Crippen LogP contribution < -0.4 is 5.32 Å². The Bertz CT molecular complexity index is 1150. The molecule has 1 saturated heterocycles. The number of anilines is 1. The van der Waals surface area contributed by atoms with Crippen molar-refractivity contribution in [2.24, 2.45) is 0 Å². The van der Waals surface area contributed by atoms with Crippen LogP contribution in [0.25, 0.3) is 11.0 Å². The summed E-state index contributed by atoms with van der Waals surface area (Å²) in [5.74, 6) is -0.205. The number of ether oxygens (including phenoxy) is 1. The zero-order valence-corrected chi connectivity index (χ0v) is 17.9. The molecule has 0 spiro atoms. The van der Waals surface area contributed by atoms with Crippen LogP contribution in [-0.2, 0) is 16.1 Å². The van der Waals surface area contributed by atoms with Crippen LogP contribution in [0.3, 0.4) is 0 Å². The van der Waals surface area contributed by atoms with E-state index in [0.29, 0.717) is 31.2 Å². The number of amides is 1. The van der Waals surface area contributed by atoms with E-state index in [9.17, 15) is 10.1 Å². The molecule has 4 rings (SSSR count). The highest BCUT2D eigenvalue weighted by Gasteiger charge is 2.28. The molecule has 1 aliphatic rings.